The van der Waals surface area contributed by atoms with E-state index >= 15 is 0 Å². The van der Waals surface area contributed by atoms with E-state index in [1.165, 1.54) is 48.5 Å². The van der Waals surface area contributed by atoms with Crippen molar-refractivity contribution in [3.05, 3.63) is 71.8 Å². The van der Waals surface area contributed by atoms with Crippen LogP contribution in [0.15, 0.2) is 60.7 Å². The van der Waals surface area contributed by atoms with E-state index < -0.39 is 22.9 Å². The highest BCUT2D eigenvalue weighted by atomic mass is 33.5. The number of alkyl halides is 6. The fourth-order valence-corrected chi connectivity index (χ4v) is 6.66. The molecule has 2 rings (SSSR count). The van der Waals surface area contributed by atoms with Gasteiger partial charge in [0.2, 0.25) is 0 Å². The summed E-state index contributed by atoms with van der Waals surface area (Å²) < 4.78 is 79.3. The number of rotatable bonds is 6. The summed E-state index contributed by atoms with van der Waals surface area (Å²) in [4.78, 5) is 0. The molecule has 0 N–H and O–H groups in total. The summed E-state index contributed by atoms with van der Waals surface area (Å²) in [6.45, 7) is 0. The predicted molar refractivity (Wildman–Crippen MR) is 93.2 cm³/mol. The van der Waals surface area contributed by atoms with Crippen molar-refractivity contribution in [1.82, 2.24) is 0 Å². The summed E-state index contributed by atoms with van der Waals surface area (Å²) in [5, 5.41) is -3.79. The van der Waals surface area contributed by atoms with Crippen molar-refractivity contribution in [3.8, 4) is 0 Å². The topological polar surface area (TPSA) is 0 Å². The molecule has 2 atom stereocenters. The molecule has 2 aromatic rings. The van der Waals surface area contributed by atoms with E-state index in [0.29, 0.717) is 31.4 Å². The highest BCUT2D eigenvalue weighted by Gasteiger charge is 2.44. The SMILES string of the molecule is FC(F)(F)C(SSSC(c1ccccc1)C(F)(F)F)c1ccccc1. The minimum atomic E-state index is -4.56. The lowest BCUT2D eigenvalue weighted by Gasteiger charge is -2.22. The Hall–Kier alpha value is -0.930. The van der Waals surface area contributed by atoms with E-state index in [1.54, 1.807) is 12.1 Å². The van der Waals surface area contributed by atoms with Gasteiger partial charge in [-0.1, -0.05) is 82.3 Å². The lowest BCUT2D eigenvalue weighted by molar-refractivity contribution is -0.130. The minimum absolute atomic E-state index is 0.0105. The standard InChI is InChI=1S/C16H12F6S3/c17-15(18,19)13(11-7-3-1-4-8-11)23-25-24-14(16(20,21)22)12-9-5-2-6-10-12/h1-10,13-14H. The Morgan fingerprint density at radius 1 is 0.560 bits per heavy atom. The Kier molecular flexibility index (Phi) is 7.04. The molecule has 0 aliphatic rings. The van der Waals surface area contributed by atoms with Crippen LogP contribution >= 0.6 is 31.4 Å². The lowest BCUT2D eigenvalue weighted by Crippen LogP contribution is -2.18. The molecule has 0 bridgehead atoms. The van der Waals surface area contributed by atoms with Gasteiger partial charge in [-0.3, -0.25) is 0 Å². The third kappa shape index (κ3) is 6.07. The van der Waals surface area contributed by atoms with Gasteiger partial charge in [-0.05, 0) is 21.0 Å². The highest BCUT2D eigenvalue weighted by molar-refractivity contribution is 9.09. The molecular formula is C16H12F6S3. The van der Waals surface area contributed by atoms with Crippen LogP contribution in [0.1, 0.15) is 21.6 Å². The van der Waals surface area contributed by atoms with E-state index in [4.69, 9.17) is 0 Å². The molecule has 0 aliphatic heterocycles. The van der Waals surface area contributed by atoms with Gasteiger partial charge in [0.1, 0.15) is 10.5 Å². The van der Waals surface area contributed by atoms with Crippen LogP contribution in [0.5, 0.6) is 0 Å². The molecule has 0 heterocycles. The Balaban J connectivity index is 2.09. The summed E-state index contributed by atoms with van der Waals surface area (Å²) in [5.41, 5.74) is 0.0211. The summed E-state index contributed by atoms with van der Waals surface area (Å²) in [6, 6.07) is 14.3. The molecule has 0 fully saturated rings. The van der Waals surface area contributed by atoms with Crippen molar-refractivity contribution < 1.29 is 26.3 Å². The third-order valence-corrected chi connectivity index (χ3v) is 7.73. The van der Waals surface area contributed by atoms with E-state index in [2.05, 4.69) is 0 Å². The first-order valence-electron chi connectivity index (χ1n) is 6.91. The van der Waals surface area contributed by atoms with Gasteiger partial charge in [0, 0.05) is 0 Å². The molecule has 0 saturated heterocycles. The average Bonchev–Trinajstić information content (AvgIpc) is 2.54. The van der Waals surface area contributed by atoms with Crippen molar-refractivity contribution in [3.63, 3.8) is 0 Å². The van der Waals surface area contributed by atoms with Crippen molar-refractivity contribution in [2.75, 3.05) is 0 Å². The predicted octanol–water partition coefficient (Wildman–Crippen LogP) is 7.62. The number of halogens is 6. The van der Waals surface area contributed by atoms with Crippen LogP contribution in [-0.4, -0.2) is 12.4 Å². The fraction of sp³-hybridized carbons (Fsp3) is 0.250. The fourth-order valence-electron chi connectivity index (χ4n) is 1.96. The van der Waals surface area contributed by atoms with Gasteiger partial charge in [0.25, 0.3) is 0 Å². The van der Waals surface area contributed by atoms with Gasteiger partial charge in [-0.15, -0.1) is 0 Å². The second-order valence-electron chi connectivity index (χ2n) is 4.93. The van der Waals surface area contributed by atoms with Crippen molar-refractivity contribution in [1.29, 1.82) is 0 Å². The Morgan fingerprint density at radius 2 is 0.880 bits per heavy atom. The smallest absolute Gasteiger partial charge is 0.169 e. The third-order valence-electron chi connectivity index (χ3n) is 3.07. The van der Waals surface area contributed by atoms with Crippen LogP contribution in [0.25, 0.3) is 0 Å². The second kappa shape index (κ2) is 8.64. The highest BCUT2D eigenvalue weighted by Crippen LogP contribution is 2.58. The van der Waals surface area contributed by atoms with Gasteiger partial charge in [0.15, 0.2) is 0 Å². The minimum Gasteiger partial charge on any atom is -0.169 e. The van der Waals surface area contributed by atoms with Gasteiger partial charge in [-0.25, -0.2) is 0 Å². The van der Waals surface area contributed by atoms with E-state index in [-0.39, 0.29) is 11.1 Å². The largest absolute Gasteiger partial charge is 0.405 e. The first kappa shape index (κ1) is 20.4. The monoisotopic (exact) mass is 414 g/mol. The first-order chi connectivity index (χ1) is 11.7. The lowest BCUT2D eigenvalue weighted by atomic mass is 10.1. The second-order valence-corrected chi connectivity index (χ2v) is 9.18. The van der Waals surface area contributed by atoms with Crippen LogP contribution in [0.3, 0.4) is 0 Å². The van der Waals surface area contributed by atoms with Gasteiger partial charge in [0.05, 0.1) is 0 Å². The van der Waals surface area contributed by atoms with Crippen LogP contribution < -0.4 is 0 Å². The van der Waals surface area contributed by atoms with Gasteiger partial charge < -0.3 is 0 Å². The zero-order chi connectivity index (χ0) is 18.5. The molecule has 0 aliphatic carbocycles. The van der Waals surface area contributed by atoms with Crippen molar-refractivity contribution >= 4 is 31.4 Å². The van der Waals surface area contributed by atoms with Crippen LogP contribution in [0.2, 0.25) is 0 Å². The summed E-state index contributed by atoms with van der Waals surface area (Å²) in [7, 11) is 1.26. The maximum absolute atomic E-state index is 13.2. The molecule has 0 saturated carbocycles. The average molecular weight is 414 g/mol. The molecule has 2 aromatic carbocycles. The van der Waals surface area contributed by atoms with Gasteiger partial charge in [-0.2, -0.15) is 26.3 Å². The number of benzene rings is 2. The Labute approximate surface area is 152 Å². The summed E-state index contributed by atoms with van der Waals surface area (Å²) in [6.07, 6.45) is -9.11. The molecule has 25 heavy (non-hydrogen) atoms. The zero-order valence-electron chi connectivity index (χ0n) is 12.4. The zero-order valence-corrected chi connectivity index (χ0v) is 14.9. The van der Waals surface area contributed by atoms with Crippen LogP contribution in [0.4, 0.5) is 26.3 Å². The van der Waals surface area contributed by atoms with E-state index in [1.807, 2.05) is 0 Å². The molecule has 0 amide bonds. The molecule has 0 aromatic heterocycles. The normalized spacial score (nSPS) is 15.0. The molecule has 2 unspecified atom stereocenters. The maximum atomic E-state index is 13.2. The maximum Gasteiger partial charge on any atom is 0.405 e. The molecule has 136 valence electrons. The molecule has 0 radical (unpaired) electrons. The van der Waals surface area contributed by atoms with E-state index in [0.717, 1.165) is 0 Å². The summed E-state index contributed by atoms with van der Waals surface area (Å²) in [5.74, 6) is 0. The van der Waals surface area contributed by atoms with Crippen LogP contribution in [-0.2, 0) is 0 Å². The Bertz CT molecular complexity index is 585. The first-order valence-corrected chi connectivity index (χ1v) is 10.5. The van der Waals surface area contributed by atoms with E-state index in [9.17, 15) is 26.3 Å². The summed E-state index contributed by atoms with van der Waals surface area (Å²) >= 11 is 0. The van der Waals surface area contributed by atoms with Crippen LogP contribution in [0, 0.1) is 0 Å². The molecule has 0 nitrogen and oxygen atoms in total. The van der Waals surface area contributed by atoms with Gasteiger partial charge >= 0.3 is 12.4 Å². The number of hydrogen-bond donors (Lipinski definition) is 0. The molecule has 9 heteroatoms. The molecule has 0 spiro atoms. The number of hydrogen-bond acceptors (Lipinski definition) is 3. The quantitative estimate of drug-likeness (QED) is 0.352. The van der Waals surface area contributed by atoms with Crippen molar-refractivity contribution in [2.45, 2.75) is 22.9 Å². The molecular weight excluding hydrogens is 402 g/mol. The van der Waals surface area contributed by atoms with Crippen molar-refractivity contribution in [2.24, 2.45) is 0 Å². The Morgan fingerprint density at radius 3 is 1.16 bits per heavy atom.